The fourth-order valence-corrected chi connectivity index (χ4v) is 6.72. The Morgan fingerprint density at radius 1 is 1.05 bits per heavy atom. The van der Waals surface area contributed by atoms with Crippen molar-refractivity contribution in [2.45, 2.75) is 52.4 Å². The van der Waals surface area contributed by atoms with E-state index in [9.17, 15) is 9.59 Å². The van der Waals surface area contributed by atoms with Crippen LogP contribution in [-0.4, -0.2) is 63.2 Å². The van der Waals surface area contributed by atoms with Crippen LogP contribution in [-0.2, 0) is 32.6 Å². The van der Waals surface area contributed by atoms with Crippen molar-refractivity contribution in [1.82, 2.24) is 29.3 Å². The average molecular weight is 603 g/mol. The number of nitrogens with zero attached hydrogens (tertiary/aromatic N) is 5. The zero-order chi connectivity index (χ0) is 29.9. The lowest BCUT2D eigenvalue weighted by Gasteiger charge is -2.32. The second-order valence-electron chi connectivity index (χ2n) is 11.6. The van der Waals surface area contributed by atoms with Gasteiger partial charge in [-0.1, -0.05) is 35.9 Å². The largest absolute Gasteiger partial charge is 0.497 e. The number of methoxy groups -OCH3 is 1. The van der Waals surface area contributed by atoms with Gasteiger partial charge >= 0.3 is 0 Å². The molecule has 0 unspecified atom stereocenters. The van der Waals surface area contributed by atoms with Crippen LogP contribution in [0.1, 0.15) is 52.5 Å². The molecule has 226 valence electrons. The van der Waals surface area contributed by atoms with Crippen LogP contribution in [0.4, 0.5) is 0 Å². The van der Waals surface area contributed by atoms with Crippen molar-refractivity contribution in [1.29, 1.82) is 0 Å². The first-order chi connectivity index (χ1) is 20.9. The maximum absolute atomic E-state index is 13.6. The van der Waals surface area contributed by atoms with Gasteiger partial charge in [-0.05, 0) is 74.2 Å². The molecular weight excluding hydrogens is 564 g/mol. The van der Waals surface area contributed by atoms with E-state index in [-0.39, 0.29) is 11.5 Å². The normalized spacial score (nSPS) is 16.3. The van der Waals surface area contributed by atoms with Crippen molar-refractivity contribution < 1.29 is 9.53 Å². The number of benzene rings is 2. The summed E-state index contributed by atoms with van der Waals surface area (Å²) in [4.78, 5) is 31.8. The summed E-state index contributed by atoms with van der Waals surface area (Å²) in [6.45, 7) is 8.32. The smallest absolute Gasteiger partial charge is 0.279 e. The lowest BCUT2D eigenvalue weighted by atomic mass is 9.96. The Labute approximate surface area is 257 Å². The molecule has 9 nitrogen and oxygen atoms in total. The standard InChI is InChI=1S/C33H39ClN6O3/c1-3-39-30-13-16-38(20-24-7-9-27(43-2)10-8-24)22-29(30)33(42)40-32(39)28(19-36-40)31(41)35-18-23-11-14-37(15-12-23)21-25-5-4-6-26(34)17-25/h4-10,17,19,23H,3,11-16,18,20-22H2,1-2H3,(H,35,41). The molecule has 2 aliphatic heterocycles. The number of halogens is 1. The van der Waals surface area contributed by atoms with Crippen molar-refractivity contribution in [3.05, 3.63) is 98.1 Å². The second kappa shape index (κ2) is 12.9. The summed E-state index contributed by atoms with van der Waals surface area (Å²) in [5.74, 6) is 1.07. The number of carbonyl (C=O) groups is 1. The van der Waals surface area contributed by atoms with Crippen molar-refractivity contribution >= 4 is 23.2 Å². The van der Waals surface area contributed by atoms with Gasteiger partial charge in [0.2, 0.25) is 0 Å². The average Bonchev–Trinajstić information content (AvgIpc) is 3.47. The van der Waals surface area contributed by atoms with E-state index in [1.807, 2.05) is 30.3 Å². The summed E-state index contributed by atoms with van der Waals surface area (Å²) in [5.41, 5.74) is 5.07. The number of ether oxygens (including phenoxy) is 1. The van der Waals surface area contributed by atoms with Crippen molar-refractivity contribution in [2.24, 2.45) is 5.92 Å². The minimum atomic E-state index is -0.171. The Hall–Kier alpha value is -3.66. The molecular formula is C33H39ClN6O3. The Balaban J connectivity index is 1.11. The maximum Gasteiger partial charge on any atom is 0.279 e. The van der Waals surface area contributed by atoms with E-state index in [0.717, 1.165) is 74.0 Å². The van der Waals surface area contributed by atoms with E-state index in [0.29, 0.717) is 36.8 Å². The highest BCUT2D eigenvalue weighted by Crippen LogP contribution is 2.24. The molecule has 1 N–H and O–H groups in total. The minimum Gasteiger partial charge on any atom is -0.497 e. The maximum atomic E-state index is 13.6. The number of nitrogens with one attached hydrogen (secondary N) is 1. The third-order valence-corrected chi connectivity index (χ3v) is 9.09. The van der Waals surface area contributed by atoms with E-state index >= 15 is 0 Å². The van der Waals surface area contributed by atoms with Gasteiger partial charge in [0.1, 0.15) is 11.3 Å². The third-order valence-electron chi connectivity index (χ3n) is 8.85. The van der Waals surface area contributed by atoms with Gasteiger partial charge in [0, 0.05) is 56.4 Å². The van der Waals surface area contributed by atoms with Crippen LogP contribution in [0.15, 0.2) is 59.5 Å². The lowest BCUT2D eigenvalue weighted by molar-refractivity contribution is 0.0936. The summed E-state index contributed by atoms with van der Waals surface area (Å²) < 4.78 is 8.80. The molecule has 0 atom stereocenters. The molecule has 1 saturated heterocycles. The molecule has 0 bridgehead atoms. The quantitative estimate of drug-likeness (QED) is 0.306. The summed E-state index contributed by atoms with van der Waals surface area (Å²) in [6, 6.07) is 16.1. The zero-order valence-electron chi connectivity index (χ0n) is 24.9. The van der Waals surface area contributed by atoms with Gasteiger partial charge in [0.25, 0.3) is 11.5 Å². The molecule has 4 heterocycles. The van der Waals surface area contributed by atoms with Crippen LogP contribution in [0.3, 0.4) is 0 Å². The van der Waals surface area contributed by atoms with Crippen LogP contribution in [0.5, 0.6) is 5.75 Å². The number of carbonyl (C=O) groups excluding carboxylic acids is 1. The van der Waals surface area contributed by atoms with Gasteiger partial charge in [-0.3, -0.25) is 19.4 Å². The van der Waals surface area contributed by atoms with E-state index < -0.39 is 0 Å². The van der Waals surface area contributed by atoms with Gasteiger partial charge in [0.05, 0.1) is 18.9 Å². The van der Waals surface area contributed by atoms with Crippen LogP contribution >= 0.6 is 11.6 Å². The highest BCUT2D eigenvalue weighted by Gasteiger charge is 2.28. The van der Waals surface area contributed by atoms with E-state index in [1.165, 1.54) is 15.6 Å². The molecule has 6 rings (SSSR count). The Kier molecular flexibility index (Phi) is 8.83. The molecule has 0 spiro atoms. The van der Waals surface area contributed by atoms with Crippen molar-refractivity contribution in [3.63, 3.8) is 0 Å². The van der Waals surface area contributed by atoms with Gasteiger partial charge in [-0.25, -0.2) is 0 Å². The van der Waals surface area contributed by atoms with Gasteiger partial charge in [-0.15, -0.1) is 0 Å². The summed E-state index contributed by atoms with van der Waals surface area (Å²) in [7, 11) is 1.66. The Morgan fingerprint density at radius 2 is 1.81 bits per heavy atom. The van der Waals surface area contributed by atoms with Crippen LogP contribution in [0, 0.1) is 5.92 Å². The van der Waals surface area contributed by atoms with Crippen LogP contribution in [0.25, 0.3) is 5.65 Å². The highest BCUT2D eigenvalue weighted by atomic mass is 35.5. The van der Waals surface area contributed by atoms with Crippen LogP contribution < -0.4 is 15.6 Å². The number of aryl methyl sites for hydroxylation is 1. The lowest BCUT2D eigenvalue weighted by Crippen LogP contribution is -2.39. The van der Waals surface area contributed by atoms with E-state index in [1.54, 1.807) is 13.3 Å². The molecule has 2 aliphatic rings. The summed E-state index contributed by atoms with van der Waals surface area (Å²) in [5, 5.41) is 8.33. The van der Waals surface area contributed by atoms with E-state index in [4.69, 9.17) is 16.3 Å². The number of hydrogen-bond donors (Lipinski definition) is 1. The van der Waals surface area contributed by atoms with Crippen LogP contribution in [0.2, 0.25) is 5.02 Å². The number of fused-ring (bicyclic) bond motifs is 2. The summed E-state index contributed by atoms with van der Waals surface area (Å²) >= 11 is 6.15. The predicted octanol–water partition coefficient (Wildman–Crippen LogP) is 4.38. The molecule has 2 aromatic heterocycles. The van der Waals surface area contributed by atoms with E-state index in [2.05, 4.69) is 49.9 Å². The monoisotopic (exact) mass is 602 g/mol. The minimum absolute atomic E-state index is 0.139. The molecule has 1 amide bonds. The number of piperidine rings is 1. The molecule has 0 aliphatic carbocycles. The predicted molar refractivity (Wildman–Crippen MR) is 168 cm³/mol. The molecule has 43 heavy (non-hydrogen) atoms. The highest BCUT2D eigenvalue weighted by molar-refractivity contribution is 6.30. The first-order valence-electron chi connectivity index (χ1n) is 15.2. The Bertz CT molecular complexity index is 1660. The number of hydrogen-bond acceptors (Lipinski definition) is 6. The Morgan fingerprint density at radius 3 is 2.53 bits per heavy atom. The molecule has 2 aromatic carbocycles. The zero-order valence-corrected chi connectivity index (χ0v) is 25.6. The number of amides is 1. The third kappa shape index (κ3) is 6.34. The van der Waals surface area contributed by atoms with Gasteiger partial charge in [0.15, 0.2) is 5.65 Å². The summed E-state index contributed by atoms with van der Waals surface area (Å²) in [6.07, 6.45) is 4.34. The second-order valence-corrected chi connectivity index (χ2v) is 12.1. The molecule has 10 heteroatoms. The van der Waals surface area contributed by atoms with Gasteiger partial charge < -0.3 is 14.6 Å². The first kappa shape index (κ1) is 29.4. The van der Waals surface area contributed by atoms with Crippen molar-refractivity contribution in [3.8, 4) is 5.75 Å². The van der Waals surface area contributed by atoms with Crippen molar-refractivity contribution in [2.75, 3.05) is 33.3 Å². The molecule has 4 aromatic rings. The fraction of sp³-hybridized carbons (Fsp3) is 0.424. The topological polar surface area (TPSA) is 84.1 Å². The first-order valence-corrected chi connectivity index (χ1v) is 15.5. The molecule has 1 fully saturated rings. The van der Waals surface area contributed by atoms with Gasteiger partial charge in [-0.2, -0.15) is 9.61 Å². The fourth-order valence-electron chi connectivity index (χ4n) is 6.50. The molecule has 0 radical (unpaired) electrons. The number of aromatic nitrogens is 3. The number of likely N-dealkylation sites (tertiary alicyclic amines) is 1. The number of rotatable bonds is 9. The molecule has 0 saturated carbocycles. The SMILES string of the molecule is CCn1c2c(c(=O)n3ncc(C(=O)NCC4CCN(Cc5cccc(Cl)c5)CC4)c13)CN(Cc1ccc(OC)cc1)CC2.